The number of ketones is 1. The molecule has 0 amide bonds. The van der Waals surface area contributed by atoms with E-state index in [1.807, 2.05) is 90.6 Å². The highest BCUT2D eigenvalue weighted by atomic mass is 32.2. The summed E-state index contributed by atoms with van der Waals surface area (Å²) in [5.74, 6) is 1.34. The second-order valence-electron chi connectivity index (χ2n) is 11.6. The minimum Gasteiger partial charge on any atom is -0.476 e. The van der Waals surface area contributed by atoms with Crippen molar-refractivity contribution in [3.8, 4) is 5.75 Å². The average Bonchev–Trinajstić information content (AvgIpc) is 2.86. The van der Waals surface area contributed by atoms with Crippen LogP contribution in [0.15, 0.2) is 35.2 Å². The highest BCUT2D eigenvalue weighted by Gasteiger charge is 2.35. The summed E-state index contributed by atoms with van der Waals surface area (Å²) in [5.41, 5.74) is 3.98. The van der Waals surface area contributed by atoms with Crippen LogP contribution in [0.25, 0.3) is 6.08 Å². The Labute approximate surface area is 248 Å². The quantitative estimate of drug-likeness (QED) is 0.0838. The van der Waals surface area contributed by atoms with Gasteiger partial charge in [-0.05, 0) is 133 Å². The molecule has 0 N–H and O–H groups in total. The molecule has 0 atom stereocenters. The van der Waals surface area contributed by atoms with Gasteiger partial charge >= 0.3 is 5.97 Å². The molecular weight excluding hydrogens is 516 g/mol. The van der Waals surface area contributed by atoms with Crippen molar-refractivity contribution in [2.24, 2.45) is 0 Å². The number of ether oxygens (including phenoxy) is 2. The zero-order valence-electron chi connectivity index (χ0n) is 27.0. The summed E-state index contributed by atoms with van der Waals surface area (Å²) in [6.45, 7) is 23.2. The zero-order chi connectivity index (χ0) is 30.7. The number of rotatable bonds is 12. The molecule has 0 aliphatic heterocycles. The van der Waals surface area contributed by atoms with Crippen molar-refractivity contribution in [2.45, 2.75) is 125 Å². The van der Waals surface area contributed by atoms with Crippen LogP contribution in [0.3, 0.4) is 0 Å². The highest BCUT2D eigenvalue weighted by Crippen LogP contribution is 2.31. The fourth-order valence-electron chi connectivity index (χ4n) is 4.23. The lowest BCUT2D eigenvalue weighted by atomic mass is 10.0. The van der Waals surface area contributed by atoms with Crippen LogP contribution in [0, 0.1) is 27.7 Å². The van der Waals surface area contributed by atoms with Crippen molar-refractivity contribution >= 4 is 29.6 Å². The van der Waals surface area contributed by atoms with Crippen molar-refractivity contribution in [3.63, 3.8) is 0 Å². The van der Waals surface area contributed by atoms with E-state index in [1.165, 1.54) is 30.6 Å². The van der Waals surface area contributed by atoms with Gasteiger partial charge in [0.2, 0.25) is 0 Å². The fourth-order valence-corrected chi connectivity index (χ4v) is 5.36. The maximum Gasteiger partial charge on any atom is 0.350 e. The third-order valence-corrected chi connectivity index (χ3v) is 7.57. The smallest absolute Gasteiger partial charge is 0.350 e. The Hall–Kier alpha value is -2.53. The van der Waals surface area contributed by atoms with Crippen LogP contribution in [-0.2, 0) is 9.53 Å². The summed E-state index contributed by atoms with van der Waals surface area (Å²) in [6, 6.07) is 7.93. The molecule has 0 heterocycles. The van der Waals surface area contributed by atoms with Gasteiger partial charge in [-0.15, -0.1) is 11.8 Å². The molecule has 0 spiro atoms. The topological polar surface area (TPSA) is 52.6 Å². The molecule has 5 heteroatoms. The first kappa shape index (κ1) is 35.5. The van der Waals surface area contributed by atoms with E-state index in [-0.39, 0.29) is 5.78 Å². The lowest BCUT2D eigenvalue weighted by Crippen LogP contribution is -2.43. The van der Waals surface area contributed by atoms with Crippen molar-refractivity contribution in [3.05, 3.63) is 63.7 Å². The molecule has 0 saturated carbocycles. The van der Waals surface area contributed by atoms with Gasteiger partial charge in [-0.1, -0.05) is 46.1 Å². The Morgan fingerprint density at radius 1 is 0.825 bits per heavy atom. The number of esters is 1. The molecule has 222 valence electrons. The van der Waals surface area contributed by atoms with E-state index >= 15 is 0 Å². The van der Waals surface area contributed by atoms with E-state index in [2.05, 4.69) is 20.8 Å². The molecule has 0 saturated heterocycles. The fraction of sp³-hybridized carbons (Fsp3) is 0.543. The molecule has 0 fully saturated rings. The number of hydrogen-bond donors (Lipinski definition) is 0. The second kappa shape index (κ2) is 16.0. The molecule has 0 bridgehead atoms. The number of allylic oxidation sites excluding steroid dienone is 1. The number of hydrogen-bond acceptors (Lipinski definition) is 5. The number of aryl methyl sites for hydroxylation is 4. The maximum atomic E-state index is 13.0. The first-order chi connectivity index (χ1) is 18.6. The van der Waals surface area contributed by atoms with Crippen molar-refractivity contribution < 1.29 is 19.1 Å². The monoisotopic (exact) mass is 568 g/mol. The summed E-state index contributed by atoms with van der Waals surface area (Å²) in [7, 11) is 0. The number of carbonyl (C=O) groups excluding carboxylic acids is 2. The average molecular weight is 569 g/mol. The number of carbonyl (C=O) groups is 2. The predicted molar refractivity (Wildman–Crippen MR) is 172 cm³/mol. The molecule has 2 aromatic carbocycles. The Kier molecular flexibility index (Phi) is 14.2. The summed E-state index contributed by atoms with van der Waals surface area (Å²) < 4.78 is 11.7. The SMILES string of the molecule is CC.CCCCCCSc1c(C)cc(C(=O)/C=C/c2cc(C)c(OC(C)(C)C(=O)OC(C)(C)C)c(C)c2)cc1C. The van der Waals surface area contributed by atoms with E-state index in [1.54, 1.807) is 19.9 Å². The normalized spacial score (nSPS) is 11.7. The summed E-state index contributed by atoms with van der Waals surface area (Å²) in [6.07, 6.45) is 8.50. The van der Waals surface area contributed by atoms with Crippen LogP contribution in [0.5, 0.6) is 5.75 Å². The highest BCUT2D eigenvalue weighted by molar-refractivity contribution is 7.99. The van der Waals surface area contributed by atoms with Crippen molar-refractivity contribution in [1.29, 1.82) is 0 Å². The Morgan fingerprint density at radius 2 is 1.38 bits per heavy atom. The van der Waals surface area contributed by atoms with E-state index in [4.69, 9.17) is 9.47 Å². The standard InChI is InChI=1S/C33H46O4S.C2H6/c1-11-12-13-14-17-38-30-24(4)20-27(21-25(30)5)28(34)16-15-26-18-22(2)29(23(3)19-26)36-33(9,10)31(35)37-32(6,7)8;1-2/h15-16,18-21H,11-14,17H2,1-10H3;1-2H3/b16-15+;. The Morgan fingerprint density at radius 3 is 1.88 bits per heavy atom. The van der Waals surface area contributed by atoms with E-state index in [0.29, 0.717) is 11.3 Å². The number of unbranched alkanes of at least 4 members (excludes halogenated alkanes) is 3. The molecule has 2 rings (SSSR count). The molecule has 0 aromatic heterocycles. The summed E-state index contributed by atoms with van der Waals surface area (Å²) >= 11 is 1.90. The van der Waals surface area contributed by atoms with Crippen LogP contribution in [-0.4, -0.2) is 28.7 Å². The van der Waals surface area contributed by atoms with Gasteiger partial charge in [0.25, 0.3) is 0 Å². The Balaban J connectivity index is 0.00000391. The van der Waals surface area contributed by atoms with E-state index in [9.17, 15) is 9.59 Å². The molecule has 0 aliphatic rings. The maximum absolute atomic E-state index is 13.0. The van der Waals surface area contributed by atoms with E-state index < -0.39 is 17.2 Å². The number of benzene rings is 2. The predicted octanol–water partition coefficient (Wildman–Crippen LogP) is 10.0. The number of thioether (sulfide) groups is 1. The third kappa shape index (κ3) is 11.2. The zero-order valence-corrected chi connectivity index (χ0v) is 27.9. The van der Waals surface area contributed by atoms with Gasteiger partial charge in [0.15, 0.2) is 11.4 Å². The first-order valence-electron chi connectivity index (χ1n) is 14.6. The lowest BCUT2D eigenvalue weighted by Gasteiger charge is -2.30. The minimum atomic E-state index is -1.13. The summed E-state index contributed by atoms with van der Waals surface area (Å²) in [4.78, 5) is 26.9. The van der Waals surface area contributed by atoms with Crippen LogP contribution >= 0.6 is 11.8 Å². The van der Waals surface area contributed by atoms with Crippen LogP contribution in [0.4, 0.5) is 0 Å². The van der Waals surface area contributed by atoms with Gasteiger partial charge in [-0.3, -0.25) is 4.79 Å². The van der Waals surface area contributed by atoms with Gasteiger partial charge in [0, 0.05) is 10.5 Å². The van der Waals surface area contributed by atoms with E-state index in [0.717, 1.165) is 33.6 Å². The Bertz CT molecular complexity index is 1120. The third-order valence-electron chi connectivity index (χ3n) is 6.15. The van der Waals surface area contributed by atoms with Crippen LogP contribution < -0.4 is 4.74 Å². The molecule has 0 radical (unpaired) electrons. The minimum absolute atomic E-state index is 0.0163. The molecule has 2 aromatic rings. The molecular formula is C35H52O4S. The molecule has 40 heavy (non-hydrogen) atoms. The molecule has 4 nitrogen and oxygen atoms in total. The van der Waals surface area contributed by atoms with Gasteiger partial charge < -0.3 is 9.47 Å². The van der Waals surface area contributed by atoms with Crippen molar-refractivity contribution in [1.82, 2.24) is 0 Å². The van der Waals surface area contributed by atoms with Gasteiger partial charge in [0.1, 0.15) is 11.4 Å². The lowest BCUT2D eigenvalue weighted by molar-refractivity contribution is -0.171. The molecule has 0 aliphatic carbocycles. The van der Waals surface area contributed by atoms with Gasteiger partial charge in [-0.2, -0.15) is 0 Å². The molecule has 0 unspecified atom stereocenters. The second-order valence-corrected chi connectivity index (χ2v) is 12.7. The largest absolute Gasteiger partial charge is 0.476 e. The van der Waals surface area contributed by atoms with Gasteiger partial charge in [0.05, 0.1) is 0 Å². The van der Waals surface area contributed by atoms with Crippen LogP contribution in [0.1, 0.15) is 119 Å². The van der Waals surface area contributed by atoms with Gasteiger partial charge in [-0.25, -0.2) is 4.79 Å². The first-order valence-corrected chi connectivity index (χ1v) is 15.6. The van der Waals surface area contributed by atoms with Crippen LogP contribution in [0.2, 0.25) is 0 Å². The summed E-state index contributed by atoms with van der Waals surface area (Å²) in [5, 5.41) is 0. The van der Waals surface area contributed by atoms with Crippen molar-refractivity contribution in [2.75, 3.05) is 5.75 Å².